The Hall–Kier alpha value is -1.66. The molecule has 0 aromatic carbocycles. The van der Waals surface area contributed by atoms with Crippen molar-refractivity contribution in [3.8, 4) is 5.88 Å². The molecule has 1 rings (SSSR count). The van der Waals surface area contributed by atoms with Gasteiger partial charge in [-0.25, -0.2) is 0 Å². The molecule has 2 N–H and O–H groups in total. The van der Waals surface area contributed by atoms with Crippen molar-refractivity contribution in [2.45, 2.75) is 6.42 Å². The number of aromatic nitrogens is 1. The molecule has 0 spiro atoms. The second kappa shape index (κ2) is 5.43. The van der Waals surface area contributed by atoms with Gasteiger partial charge in [-0.3, -0.25) is 0 Å². The molecule has 0 unspecified atom stereocenters. The topological polar surface area (TPSA) is 83.5 Å². The Morgan fingerprint density at radius 1 is 1.56 bits per heavy atom. The van der Waals surface area contributed by atoms with Crippen molar-refractivity contribution in [3.63, 3.8) is 0 Å². The van der Waals surface area contributed by atoms with Gasteiger partial charge in [0.25, 0.3) is 0 Å². The largest absolute Gasteiger partial charge is 0.616 e. The number of aliphatic hydroxyl groups is 1. The van der Waals surface area contributed by atoms with Gasteiger partial charge < -0.3 is 20.6 Å². The summed E-state index contributed by atoms with van der Waals surface area (Å²) in [7, 11) is 3.34. The predicted octanol–water partition coefficient (Wildman–Crippen LogP) is -0.270. The highest BCUT2D eigenvalue weighted by atomic mass is 16.7. The number of nitrogens with one attached hydrogen (secondary N) is 1. The molecule has 6 heteroatoms. The van der Waals surface area contributed by atoms with Crippen LogP contribution in [0.2, 0.25) is 0 Å². The number of rotatable bonds is 5. The van der Waals surface area contributed by atoms with E-state index in [2.05, 4.69) is 0 Å². The highest BCUT2D eigenvalue weighted by molar-refractivity contribution is 5.83. The van der Waals surface area contributed by atoms with E-state index in [1.165, 1.54) is 5.06 Å². The molecule has 0 amide bonds. The Morgan fingerprint density at radius 2 is 2.25 bits per heavy atom. The lowest BCUT2D eigenvalue weighted by Gasteiger charge is -2.12. The average molecular weight is 225 g/mol. The zero-order chi connectivity index (χ0) is 12.1. The standard InChI is InChI=1S/C10H15N3O3/c1-12(2)16-10-5-3-4-9(13(10)15)6-8(11)7-14/h3-5,11,14H,6-7H2,1-2H3. The summed E-state index contributed by atoms with van der Waals surface area (Å²) >= 11 is 0. The van der Waals surface area contributed by atoms with E-state index in [0.29, 0.717) is 10.4 Å². The van der Waals surface area contributed by atoms with E-state index in [9.17, 15) is 5.21 Å². The van der Waals surface area contributed by atoms with E-state index in [1.54, 1.807) is 32.3 Å². The molecular formula is C10H15N3O3. The van der Waals surface area contributed by atoms with Gasteiger partial charge in [-0.1, -0.05) is 0 Å². The van der Waals surface area contributed by atoms with E-state index in [-0.39, 0.29) is 24.6 Å². The SMILES string of the molecule is CN(C)Oc1cccc(CC(=N)CO)[n+]1[O-]. The van der Waals surface area contributed by atoms with Crippen LogP contribution in [-0.2, 0) is 6.42 Å². The van der Waals surface area contributed by atoms with Gasteiger partial charge in [0.1, 0.15) is 0 Å². The fourth-order valence-electron chi connectivity index (χ4n) is 1.18. The molecule has 0 atom stereocenters. The lowest BCUT2D eigenvalue weighted by Crippen LogP contribution is -2.37. The Morgan fingerprint density at radius 3 is 2.81 bits per heavy atom. The molecule has 1 heterocycles. The van der Waals surface area contributed by atoms with Gasteiger partial charge in [0, 0.05) is 25.9 Å². The Labute approximate surface area is 93.7 Å². The molecule has 1 aromatic rings. The molecule has 0 saturated carbocycles. The zero-order valence-electron chi connectivity index (χ0n) is 9.30. The van der Waals surface area contributed by atoms with Gasteiger partial charge >= 0.3 is 5.88 Å². The maximum atomic E-state index is 11.7. The summed E-state index contributed by atoms with van der Waals surface area (Å²) in [6.45, 7) is -0.348. The number of hydrogen-bond acceptors (Lipinski definition) is 5. The van der Waals surface area contributed by atoms with Gasteiger partial charge in [0.2, 0.25) is 5.69 Å². The lowest BCUT2D eigenvalue weighted by atomic mass is 10.2. The molecule has 0 saturated heterocycles. The van der Waals surface area contributed by atoms with Crippen LogP contribution in [0.25, 0.3) is 0 Å². The minimum Gasteiger partial charge on any atom is -0.616 e. The van der Waals surface area contributed by atoms with Crippen LogP contribution in [-0.4, -0.2) is 36.6 Å². The summed E-state index contributed by atoms with van der Waals surface area (Å²) in [5.41, 5.74) is 0.463. The number of pyridine rings is 1. The molecule has 88 valence electrons. The number of hydroxylamine groups is 2. The maximum absolute atomic E-state index is 11.7. The highest BCUT2D eigenvalue weighted by Gasteiger charge is 2.14. The predicted molar refractivity (Wildman–Crippen MR) is 58.2 cm³/mol. The Kier molecular flexibility index (Phi) is 4.21. The Balaban J connectivity index is 2.90. The van der Waals surface area contributed by atoms with Crippen molar-refractivity contribution in [1.82, 2.24) is 5.06 Å². The molecule has 0 fully saturated rings. The second-order valence-corrected chi connectivity index (χ2v) is 3.49. The molecular weight excluding hydrogens is 210 g/mol. The molecule has 0 aliphatic carbocycles. The van der Waals surface area contributed by atoms with Crippen molar-refractivity contribution >= 4 is 5.71 Å². The van der Waals surface area contributed by atoms with Crippen LogP contribution in [0.4, 0.5) is 0 Å². The summed E-state index contributed by atoms with van der Waals surface area (Å²) in [6, 6.07) is 4.81. The first-order valence-electron chi connectivity index (χ1n) is 4.78. The normalized spacial score (nSPS) is 10.5. The molecule has 1 aromatic heterocycles. The van der Waals surface area contributed by atoms with E-state index < -0.39 is 0 Å². The fraction of sp³-hybridized carbons (Fsp3) is 0.400. The Bertz CT molecular complexity index is 380. The van der Waals surface area contributed by atoms with Crippen molar-refractivity contribution in [2.75, 3.05) is 20.7 Å². The summed E-state index contributed by atoms with van der Waals surface area (Å²) in [5, 5.41) is 29.2. The first-order chi connectivity index (χ1) is 7.54. The van der Waals surface area contributed by atoms with Gasteiger partial charge in [-0.05, 0) is 6.07 Å². The zero-order valence-corrected chi connectivity index (χ0v) is 9.30. The highest BCUT2D eigenvalue weighted by Crippen LogP contribution is 2.06. The minimum absolute atomic E-state index is 0.0894. The molecule has 16 heavy (non-hydrogen) atoms. The second-order valence-electron chi connectivity index (χ2n) is 3.49. The van der Waals surface area contributed by atoms with E-state index in [4.69, 9.17) is 15.4 Å². The van der Waals surface area contributed by atoms with Gasteiger partial charge in [0.05, 0.1) is 19.1 Å². The molecule has 0 radical (unpaired) electrons. The van der Waals surface area contributed by atoms with Crippen LogP contribution >= 0.6 is 0 Å². The quantitative estimate of drug-likeness (QED) is 0.313. The molecule has 0 aliphatic rings. The van der Waals surface area contributed by atoms with E-state index >= 15 is 0 Å². The van der Waals surface area contributed by atoms with E-state index in [1.807, 2.05) is 0 Å². The van der Waals surface area contributed by atoms with E-state index in [0.717, 1.165) is 0 Å². The van der Waals surface area contributed by atoms with Crippen LogP contribution in [0.5, 0.6) is 5.88 Å². The number of nitrogens with zero attached hydrogens (tertiary/aromatic N) is 2. The number of hydrogen-bond donors (Lipinski definition) is 2. The first kappa shape index (κ1) is 12.4. The fourth-order valence-corrected chi connectivity index (χ4v) is 1.18. The third kappa shape index (κ3) is 3.18. The summed E-state index contributed by atoms with van der Waals surface area (Å²) in [6.07, 6.45) is 0.116. The summed E-state index contributed by atoms with van der Waals surface area (Å²) < 4.78 is 0.615. The van der Waals surface area contributed by atoms with Crippen molar-refractivity contribution < 1.29 is 14.7 Å². The monoisotopic (exact) mass is 225 g/mol. The third-order valence-electron chi connectivity index (χ3n) is 1.85. The van der Waals surface area contributed by atoms with Crippen LogP contribution in [0, 0.1) is 10.6 Å². The van der Waals surface area contributed by atoms with Crippen LogP contribution in [0.15, 0.2) is 18.2 Å². The van der Waals surface area contributed by atoms with Gasteiger partial charge in [-0.15, -0.1) is 9.79 Å². The van der Waals surface area contributed by atoms with Crippen molar-refractivity contribution in [3.05, 3.63) is 29.1 Å². The van der Waals surface area contributed by atoms with Crippen molar-refractivity contribution in [2.24, 2.45) is 0 Å². The minimum atomic E-state index is -0.348. The lowest BCUT2D eigenvalue weighted by molar-refractivity contribution is -0.625. The smallest absolute Gasteiger partial charge is 0.398 e. The average Bonchev–Trinajstić information content (AvgIpc) is 2.23. The molecule has 0 aliphatic heterocycles. The molecule has 0 bridgehead atoms. The summed E-state index contributed by atoms with van der Waals surface area (Å²) in [5.74, 6) is 0.147. The number of aliphatic hydroxyl groups excluding tert-OH is 1. The van der Waals surface area contributed by atoms with Crippen LogP contribution in [0.3, 0.4) is 0 Å². The van der Waals surface area contributed by atoms with Gasteiger partial charge in [-0.2, -0.15) is 0 Å². The van der Waals surface area contributed by atoms with Crippen LogP contribution in [0.1, 0.15) is 5.69 Å². The third-order valence-corrected chi connectivity index (χ3v) is 1.85. The first-order valence-corrected chi connectivity index (χ1v) is 4.78. The summed E-state index contributed by atoms with van der Waals surface area (Å²) in [4.78, 5) is 5.15. The maximum Gasteiger partial charge on any atom is 0.398 e. The van der Waals surface area contributed by atoms with Gasteiger partial charge in [0.15, 0.2) is 0 Å². The van der Waals surface area contributed by atoms with Crippen molar-refractivity contribution in [1.29, 1.82) is 5.41 Å². The van der Waals surface area contributed by atoms with Crippen LogP contribution < -0.4 is 9.57 Å². The molecule has 6 nitrogen and oxygen atoms in total.